The highest BCUT2D eigenvalue weighted by molar-refractivity contribution is 8.18. The second-order valence-electron chi connectivity index (χ2n) is 8.88. The molecule has 2 heterocycles. The van der Waals surface area contributed by atoms with Crippen LogP contribution in [0.2, 0.25) is 5.02 Å². The van der Waals surface area contributed by atoms with Gasteiger partial charge in [-0.3, -0.25) is 19.3 Å². The van der Waals surface area contributed by atoms with Gasteiger partial charge in [0.15, 0.2) is 0 Å². The Morgan fingerprint density at radius 2 is 1.89 bits per heavy atom. The lowest BCUT2D eigenvalue weighted by Gasteiger charge is -2.18. The van der Waals surface area contributed by atoms with E-state index in [1.54, 1.807) is 6.08 Å². The molecule has 0 unspecified atom stereocenters. The monoisotopic (exact) mass is 541 g/mol. The lowest BCUT2D eigenvalue weighted by molar-refractivity contribution is -0.127. The fourth-order valence-corrected chi connectivity index (χ4v) is 5.17. The third-order valence-electron chi connectivity index (χ3n) is 6.09. The zero-order chi connectivity index (χ0) is 26.5. The van der Waals surface area contributed by atoms with Crippen molar-refractivity contribution >= 4 is 63.8 Å². The summed E-state index contributed by atoms with van der Waals surface area (Å²) < 4.78 is 5.11. The van der Waals surface area contributed by atoms with Crippen LogP contribution in [0.3, 0.4) is 0 Å². The smallest absolute Gasteiger partial charge is 0.339 e. The number of nitrogens with one attached hydrogen (secondary N) is 1. The SMILES string of the molecule is CCCOC(=O)c1cc(NC(=O)CN2C(=O)S/C(=C/c3ccc(N4CCCC4)cc3C)C2=O)ccc1Cl. The molecule has 194 valence electrons. The van der Waals surface area contributed by atoms with Gasteiger partial charge in [-0.1, -0.05) is 24.6 Å². The summed E-state index contributed by atoms with van der Waals surface area (Å²) >= 11 is 6.90. The van der Waals surface area contributed by atoms with Gasteiger partial charge in [-0.25, -0.2) is 4.79 Å². The first-order chi connectivity index (χ1) is 17.8. The number of nitrogens with zero attached hydrogens (tertiary/aromatic N) is 2. The fraction of sp³-hybridized carbons (Fsp3) is 0.333. The molecular weight excluding hydrogens is 514 g/mol. The van der Waals surface area contributed by atoms with Gasteiger partial charge in [-0.15, -0.1) is 0 Å². The summed E-state index contributed by atoms with van der Waals surface area (Å²) in [5.74, 6) is -1.69. The number of rotatable bonds is 8. The molecule has 4 rings (SSSR count). The fourth-order valence-electron chi connectivity index (χ4n) is 4.15. The molecule has 0 spiro atoms. The Kier molecular flexibility index (Phi) is 8.56. The summed E-state index contributed by atoms with van der Waals surface area (Å²) in [6.07, 6.45) is 4.73. The van der Waals surface area contributed by atoms with Crippen molar-refractivity contribution < 1.29 is 23.9 Å². The van der Waals surface area contributed by atoms with Gasteiger partial charge in [0.2, 0.25) is 5.91 Å². The minimum Gasteiger partial charge on any atom is -0.462 e. The number of hydrogen-bond donors (Lipinski definition) is 1. The van der Waals surface area contributed by atoms with Crippen LogP contribution in [-0.4, -0.2) is 54.2 Å². The number of halogens is 1. The predicted molar refractivity (Wildman–Crippen MR) is 146 cm³/mol. The molecular formula is C27H28ClN3O5S. The molecule has 2 aromatic carbocycles. The Hall–Kier alpha value is -3.30. The van der Waals surface area contributed by atoms with E-state index in [4.69, 9.17) is 16.3 Å². The van der Waals surface area contributed by atoms with Crippen molar-refractivity contribution in [3.05, 3.63) is 63.0 Å². The highest BCUT2D eigenvalue weighted by Gasteiger charge is 2.36. The normalized spacial score (nSPS) is 16.6. The van der Waals surface area contributed by atoms with E-state index in [2.05, 4.69) is 16.3 Å². The quantitative estimate of drug-likeness (QED) is 0.348. The topological polar surface area (TPSA) is 96.0 Å². The zero-order valence-corrected chi connectivity index (χ0v) is 22.3. The number of amides is 3. The second kappa shape index (κ2) is 11.8. The number of hydrogen-bond acceptors (Lipinski definition) is 7. The molecule has 0 saturated carbocycles. The van der Waals surface area contributed by atoms with Crippen molar-refractivity contribution in [3.63, 3.8) is 0 Å². The third kappa shape index (κ3) is 6.34. The maximum atomic E-state index is 12.9. The van der Waals surface area contributed by atoms with E-state index in [1.807, 2.05) is 26.0 Å². The van der Waals surface area contributed by atoms with Crippen LogP contribution < -0.4 is 10.2 Å². The minimum absolute atomic E-state index is 0.119. The van der Waals surface area contributed by atoms with E-state index in [9.17, 15) is 19.2 Å². The van der Waals surface area contributed by atoms with Gasteiger partial charge in [-0.2, -0.15) is 0 Å². The highest BCUT2D eigenvalue weighted by Crippen LogP contribution is 2.33. The summed E-state index contributed by atoms with van der Waals surface area (Å²) in [6.45, 7) is 5.73. The first-order valence-corrected chi connectivity index (χ1v) is 13.3. The van der Waals surface area contributed by atoms with Gasteiger partial charge in [0.05, 0.1) is 22.1 Å². The van der Waals surface area contributed by atoms with Crippen molar-refractivity contribution in [3.8, 4) is 0 Å². The Balaban J connectivity index is 1.42. The van der Waals surface area contributed by atoms with Crippen molar-refractivity contribution in [1.29, 1.82) is 0 Å². The first-order valence-electron chi connectivity index (χ1n) is 12.1. The minimum atomic E-state index is -0.595. The summed E-state index contributed by atoms with van der Waals surface area (Å²) in [6, 6.07) is 10.5. The van der Waals surface area contributed by atoms with Crippen LogP contribution in [0.4, 0.5) is 16.2 Å². The molecule has 10 heteroatoms. The van der Waals surface area contributed by atoms with E-state index < -0.39 is 29.6 Å². The Morgan fingerprint density at radius 3 is 2.59 bits per heavy atom. The van der Waals surface area contributed by atoms with Crippen LogP contribution in [0.25, 0.3) is 6.08 Å². The Morgan fingerprint density at radius 1 is 1.14 bits per heavy atom. The van der Waals surface area contributed by atoms with Crippen LogP contribution in [0.1, 0.15) is 47.7 Å². The summed E-state index contributed by atoms with van der Waals surface area (Å²) in [4.78, 5) is 53.8. The number of carbonyl (C=O) groups excluding carboxylic acids is 4. The number of imide groups is 1. The second-order valence-corrected chi connectivity index (χ2v) is 10.3. The van der Waals surface area contributed by atoms with Gasteiger partial charge in [-0.05, 0) is 85.5 Å². The summed E-state index contributed by atoms with van der Waals surface area (Å²) in [5, 5.41) is 2.29. The van der Waals surface area contributed by atoms with Crippen LogP contribution in [-0.2, 0) is 14.3 Å². The maximum Gasteiger partial charge on any atom is 0.339 e. The third-order valence-corrected chi connectivity index (χ3v) is 7.33. The van der Waals surface area contributed by atoms with Gasteiger partial charge >= 0.3 is 5.97 Å². The largest absolute Gasteiger partial charge is 0.462 e. The molecule has 2 aromatic rings. The van der Waals surface area contributed by atoms with Crippen LogP contribution in [0.15, 0.2) is 41.3 Å². The molecule has 3 amide bonds. The molecule has 2 fully saturated rings. The Labute approximate surface area is 225 Å². The maximum absolute atomic E-state index is 12.9. The molecule has 37 heavy (non-hydrogen) atoms. The van der Waals surface area contributed by atoms with Crippen molar-refractivity contribution in [2.45, 2.75) is 33.1 Å². The number of thioether (sulfide) groups is 1. The molecule has 2 aliphatic rings. The summed E-state index contributed by atoms with van der Waals surface area (Å²) in [7, 11) is 0. The van der Waals surface area contributed by atoms with Crippen molar-refractivity contribution in [2.75, 3.05) is 36.5 Å². The molecule has 8 nitrogen and oxygen atoms in total. The standard InChI is InChI=1S/C27H28ClN3O5S/c1-3-12-36-26(34)21-15-19(7-9-22(21)28)29-24(32)16-31-25(33)23(37-27(31)35)14-18-6-8-20(13-17(18)2)30-10-4-5-11-30/h6-9,13-15H,3-5,10-12,16H2,1-2H3,(H,29,32)/b23-14+. The van der Waals surface area contributed by atoms with Crippen LogP contribution in [0, 0.1) is 6.92 Å². The van der Waals surface area contributed by atoms with E-state index in [0.717, 1.165) is 46.6 Å². The van der Waals surface area contributed by atoms with Gasteiger partial charge in [0.25, 0.3) is 11.1 Å². The van der Waals surface area contributed by atoms with E-state index in [-0.39, 0.29) is 22.1 Å². The number of carbonyl (C=O) groups is 4. The molecule has 1 N–H and O–H groups in total. The number of anilines is 2. The highest BCUT2D eigenvalue weighted by atomic mass is 35.5. The molecule has 2 aliphatic heterocycles. The lowest BCUT2D eigenvalue weighted by Crippen LogP contribution is -2.36. The van der Waals surface area contributed by atoms with Gasteiger partial charge in [0.1, 0.15) is 6.54 Å². The van der Waals surface area contributed by atoms with E-state index >= 15 is 0 Å². The van der Waals surface area contributed by atoms with E-state index in [0.29, 0.717) is 12.1 Å². The van der Waals surface area contributed by atoms with Crippen molar-refractivity contribution in [2.24, 2.45) is 0 Å². The molecule has 0 aliphatic carbocycles. The zero-order valence-electron chi connectivity index (χ0n) is 20.7. The molecule has 0 radical (unpaired) electrons. The number of esters is 1. The van der Waals surface area contributed by atoms with Crippen LogP contribution in [0.5, 0.6) is 0 Å². The van der Waals surface area contributed by atoms with Gasteiger partial charge < -0.3 is 15.0 Å². The van der Waals surface area contributed by atoms with Crippen LogP contribution >= 0.6 is 23.4 Å². The molecule has 0 aromatic heterocycles. The number of benzene rings is 2. The number of ether oxygens (including phenoxy) is 1. The van der Waals surface area contributed by atoms with Crippen molar-refractivity contribution in [1.82, 2.24) is 4.90 Å². The lowest BCUT2D eigenvalue weighted by atomic mass is 10.1. The number of aryl methyl sites for hydroxylation is 1. The molecule has 2 saturated heterocycles. The first kappa shape index (κ1) is 26.8. The van der Waals surface area contributed by atoms with Gasteiger partial charge in [0, 0.05) is 24.5 Å². The summed E-state index contributed by atoms with van der Waals surface area (Å²) in [5.41, 5.74) is 3.43. The molecule has 0 bridgehead atoms. The predicted octanol–water partition coefficient (Wildman–Crippen LogP) is 5.49. The molecule has 0 atom stereocenters. The Bertz CT molecular complexity index is 1270. The average molecular weight is 542 g/mol. The van der Waals surface area contributed by atoms with E-state index in [1.165, 1.54) is 31.0 Å². The average Bonchev–Trinajstić information content (AvgIpc) is 3.50.